The second-order valence-electron chi connectivity index (χ2n) is 4.80. The molecule has 1 amide bonds. The molecule has 1 aliphatic rings. The monoisotopic (exact) mass is 328 g/mol. The molecule has 0 radical (unpaired) electrons. The fourth-order valence-corrected chi connectivity index (χ4v) is 2.93. The van der Waals surface area contributed by atoms with Crippen molar-refractivity contribution in [3.8, 4) is 0 Å². The molecule has 0 saturated carbocycles. The van der Waals surface area contributed by atoms with Crippen molar-refractivity contribution in [3.63, 3.8) is 0 Å². The molecule has 1 N–H and O–H groups in total. The summed E-state index contributed by atoms with van der Waals surface area (Å²) in [6.07, 6.45) is 1.78. The van der Waals surface area contributed by atoms with E-state index >= 15 is 0 Å². The first-order valence-electron chi connectivity index (χ1n) is 6.55. The van der Waals surface area contributed by atoms with Crippen LogP contribution in [0, 0.1) is 12.7 Å². The van der Waals surface area contributed by atoms with Crippen LogP contribution in [0.3, 0.4) is 0 Å². The SMILES string of the molecule is CCNC1CCCN(c2cc(F)c(Br)cc2C)C1=O. The number of aryl methyl sites for hydroxylation is 1. The van der Waals surface area contributed by atoms with Crippen molar-refractivity contribution in [2.45, 2.75) is 32.7 Å². The van der Waals surface area contributed by atoms with Gasteiger partial charge in [-0.05, 0) is 59.9 Å². The van der Waals surface area contributed by atoms with Gasteiger partial charge in [-0.3, -0.25) is 4.79 Å². The van der Waals surface area contributed by atoms with E-state index in [4.69, 9.17) is 0 Å². The van der Waals surface area contributed by atoms with Crippen molar-refractivity contribution in [1.29, 1.82) is 0 Å². The smallest absolute Gasteiger partial charge is 0.244 e. The lowest BCUT2D eigenvalue weighted by atomic mass is 10.0. The van der Waals surface area contributed by atoms with Crippen LogP contribution in [-0.2, 0) is 4.79 Å². The van der Waals surface area contributed by atoms with Gasteiger partial charge in [0.15, 0.2) is 0 Å². The van der Waals surface area contributed by atoms with E-state index in [-0.39, 0.29) is 17.8 Å². The van der Waals surface area contributed by atoms with Gasteiger partial charge in [-0.1, -0.05) is 6.92 Å². The molecule has 1 aliphatic heterocycles. The van der Waals surface area contributed by atoms with E-state index in [1.807, 2.05) is 13.8 Å². The lowest BCUT2D eigenvalue weighted by molar-refractivity contribution is -0.121. The summed E-state index contributed by atoms with van der Waals surface area (Å²) < 4.78 is 14.1. The van der Waals surface area contributed by atoms with Crippen LogP contribution < -0.4 is 10.2 Å². The Bertz CT molecular complexity index is 491. The molecule has 0 aliphatic carbocycles. The summed E-state index contributed by atoms with van der Waals surface area (Å²) in [5.74, 6) is -0.295. The van der Waals surface area contributed by atoms with Gasteiger partial charge in [0.05, 0.1) is 10.5 Å². The lowest BCUT2D eigenvalue weighted by Gasteiger charge is -2.33. The molecule has 0 bridgehead atoms. The summed E-state index contributed by atoms with van der Waals surface area (Å²) in [6.45, 7) is 5.29. The fourth-order valence-electron chi connectivity index (χ4n) is 2.48. The standard InChI is InChI=1S/C14H18BrFN2O/c1-3-17-12-5-4-6-18(14(12)19)13-8-11(16)10(15)7-9(13)2/h7-8,12,17H,3-6H2,1-2H3. The summed E-state index contributed by atoms with van der Waals surface area (Å²) in [5.41, 5.74) is 1.58. The van der Waals surface area contributed by atoms with Crippen molar-refractivity contribution in [1.82, 2.24) is 5.32 Å². The number of nitrogens with zero attached hydrogens (tertiary/aromatic N) is 1. The molecule has 1 unspecified atom stereocenters. The Kier molecular flexibility index (Phi) is 4.58. The topological polar surface area (TPSA) is 32.3 Å². The van der Waals surface area contributed by atoms with Crippen LogP contribution in [0.2, 0.25) is 0 Å². The first kappa shape index (κ1) is 14.5. The number of hydrogen-bond acceptors (Lipinski definition) is 2. The first-order chi connectivity index (χ1) is 9.04. The van der Waals surface area contributed by atoms with Crippen molar-refractivity contribution < 1.29 is 9.18 Å². The average molecular weight is 329 g/mol. The van der Waals surface area contributed by atoms with Gasteiger partial charge in [-0.2, -0.15) is 0 Å². The minimum atomic E-state index is -0.334. The van der Waals surface area contributed by atoms with Crippen LogP contribution >= 0.6 is 15.9 Å². The first-order valence-corrected chi connectivity index (χ1v) is 7.34. The molecule has 1 aromatic carbocycles. The number of rotatable bonds is 3. The van der Waals surface area contributed by atoms with Crippen molar-refractivity contribution in [2.75, 3.05) is 18.0 Å². The van der Waals surface area contributed by atoms with Crippen LogP contribution in [0.25, 0.3) is 0 Å². The van der Waals surface area contributed by atoms with E-state index < -0.39 is 0 Å². The third-order valence-electron chi connectivity index (χ3n) is 3.42. The van der Waals surface area contributed by atoms with Gasteiger partial charge >= 0.3 is 0 Å². The number of halogens is 2. The Morgan fingerprint density at radius 1 is 1.53 bits per heavy atom. The zero-order valence-corrected chi connectivity index (χ0v) is 12.8. The molecule has 1 aromatic rings. The molecular weight excluding hydrogens is 311 g/mol. The zero-order chi connectivity index (χ0) is 14.0. The summed E-state index contributed by atoms with van der Waals surface area (Å²) in [4.78, 5) is 14.1. The highest BCUT2D eigenvalue weighted by molar-refractivity contribution is 9.10. The van der Waals surface area contributed by atoms with E-state index in [1.165, 1.54) is 6.07 Å². The number of carbonyl (C=O) groups excluding carboxylic acids is 1. The molecule has 19 heavy (non-hydrogen) atoms. The van der Waals surface area contributed by atoms with E-state index in [9.17, 15) is 9.18 Å². The van der Waals surface area contributed by atoms with Gasteiger partial charge in [0.25, 0.3) is 0 Å². The molecular formula is C14H18BrFN2O. The molecule has 5 heteroatoms. The summed E-state index contributed by atoms with van der Waals surface area (Å²) in [5, 5.41) is 3.19. The molecule has 0 aromatic heterocycles. The third kappa shape index (κ3) is 2.98. The van der Waals surface area contributed by atoms with E-state index in [2.05, 4.69) is 21.2 Å². The maximum atomic E-state index is 13.7. The van der Waals surface area contributed by atoms with Crippen molar-refractivity contribution in [3.05, 3.63) is 28.0 Å². The van der Waals surface area contributed by atoms with Gasteiger partial charge in [0.2, 0.25) is 5.91 Å². The Labute approximate surface area is 121 Å². The molecule has 1 atom stereocenters. The molecule has 1 heterocycles. The Hall–Kier alpha value is -0.940. The average Bonchev–Trinajstić information content (AvgIpc) is 2.37. The number of carbonyl (C=O) groups is 1. The van der Waals surface area contributed by atoms with Crippen LogP contribution in [0.1, 0.15) is 25.3 Å². The minimum absolute atomic E-state index is 0.0397. The number of benzene rings is 1. The highest BCUT2D eigenvalue weighted by atomic mass is 79.9. The molecule has 104 valence electrons. The van der Waals surface area contributed by atoms with Gasteiger partial charge in [0, 0.05) is 12.2 Å². The molecule has 1 fully saturated rings. The summed E-state index contributed by atoms with van der Waals surface area (Å²) in [6, 6.07) is 3.00. The van der Waals surface area contributed by atoms with Crippen LogP contribution in [-0.4, -0.2) is 25.0 Å². The van der Waals surface area contributed by atoms with Crippen LogP contribution in [0.4, 0.5) is 10.1 Å². The Morgan fingerprint density at radius 3 is 2.95 bits per heavy atom. The summed E-state index contributed by atoms with van der Waals surface area (Å²) in [7, 11) is 0. The molecule has 0 spiro atoms. The lowest BCUT2D eigenvalue weighted by Crippen LogP contribution is -2.51. The summed E-state index contributed by atoms with van der Waals surface area (Å²) >= 11 is 3.17. The van der Waals surface area contributed by atoms with Crippen LogP contribution in [0.15, 0.2) is 16.6 Å². The Balaban J connectivity index is 2.30. The number of nitrogens with one attached hydrogen (secondary N) is 1. The third-order valence-corrected chi connectivity index (χ3v) is 4.03. The van der Waals surface area contributed by atoms with Gasteiger partial charge in [-0.15, -0.1) is 0 Å². The van der Waals surface area contributed by atoms with E-state index in [0.717, 1.165) is 24.9 Å². The fraction of sp³-hybridized carbons (Fsp3) is 0.500. The number of amides is 1. The highest BCUT2D eigenvalue weighted by Crippen LogP contribution is 2.29. The normalized spacial score (nSPS) is 19.9. The number of piperidine rings is 1. The van der Waals surface area contributed by atoms with Crippen molar-refractivity contribution in [2.24, 2.45) is 0 Å². The number of likely N-dealkylation sites (N-methyl/N-ethyl adjacent to an activating group) is 1. The van der Waals surface area contributed by atoms with E-state index in [0.29, 0.717) is 16.7 Å². The predicted molar refractivity (Wildman–Crippen MR) is 77.9 cm³/mol. The zero-order valence-electron chi connectivity index (χ0n) is 11.2. The van der Waals surface area contributed by atoms with Crippen LogP contribution in [0.5, 0.6) is 0 Å². The number of hydrogen-bond donors (Lipinski definition) is 1. The number of anilines is 1. The second kappa shape index (κ2) is 6.01. The second-order valence-corrected chi connectivity index (χ2v) is 5.65. The van der Waals surface area contributed by atoms with E-state index in [1.54, 1.807) is 11.0 Å². The molecule has 1 saturated heterocycles. The Morgan fingerprint density at radius 2 is 2.26 bits per heavy atom. The minimum Gasteiger partial charge on any atom is -0.311 e. The molecule has 2 rings (SSSR count). The maximum absolute atomic E-state index is 13.7. The maximum Gasteiger partial charge on any atom is 0.244 e. The van der Waals surface area contributed by atoms with Gasteiger partial charge in [-0.25, -0.2) is 4.39 Å². The molecule has 3 nitrogen and oxygen atoms in total. The quantitative estimate of drug-likeness (QED) is 0.925. The van der Waals surface area contributed by atoms with Crippen molar-refractivity contribution >= 4 is 27.5 Å². The predicted octanol–water partition coefficient (Wildman–Crippen LogP) is 3.00. The van der Waals surface area contributed by atoms with Gasteiger partial charge in [0.1, 0.15) is 5.82 Å². The largest absolute Gasteiger partial charge is 0.311 e. The van der Waals surface area contributed by atoms with Gasteiger partial charge < -0.3 is 10.2 Å². The highest BCUT2D eigenvalue weighted by Gasteiger charge is 2.30.